The quantitative estimate of drug-likeness (QED) is 0.685. The van der Waals surface area contributed by atoms with Gasteiger partial charge in [-0.15, -0.1) is 0 Å². The Kier molecular flexibility index (Phi) is 5.15. The fraction of sp³-hybridized carbons (Fsp3) is 0.562. The van der Waals surface area contributed by atoms with E-state index >= 15 is 0 Å². The van der Waals surface area contributed by atoms with E-state index < -0.39 is 29.6 Å². The van der Waals surface area contributed by atoms with E-state index in [0.717, 1.165) is 0 Å². The number of amides is 1. The number of nitrogens with zero attached hydrogens (tertiary/aromatic N) is 1. The predicted molar refractivity (Wildman–Crippen MR) is 86.2 cm³/mol. The lowest BCUT2D eigenvalue weighted by Gasteiger charge is -2.27. The van der Waals surface area contributed by atoms with Crippen LogP contribution in [0, 0.1) is 0 Å². The van der Waals surface area contributed by atoms with Gasteiger partial charge in [0, 0.05) is 19.6 Å². The number of rotatable bonds is 4. The van der Waals surface area contributed by atoms with Crippen molar-refractivity contribution in [2.24, 2.45) is 0 Å². The molecular formula is C16H18F6N4O. The fourth-order valence-corrected chi connectivity index (χ4v) is 3.21. The van der Waals surface area contributed by atoms with Crippen molar-refractivity contribution in [3.8, 4) is 0 Å². The average molecular weight is 396 g/mol. The molecule has 5 nitrogen and oxygen atoms in total. The molecule has 0 radical (unpaired) electrons. The first-order chi connectivity index (χ1) is 12.6. The van der Waals surface area contributed by atoms with Gasteiger partial charge < -0.3 is 20.9 Å². The van der Waals surface area contributed by atoms with Gasteiger partial charge in [-0.05, 0) is 25.0 Å². The first-order valence-corrected chi connectivity index (χ1v) is 8.40. The number of fused-ring (bicyclic) bond motifs is 1. The molecular weight excluding hydrogens is 378 g/mol. The van der Waals surface area contributed by atoms with E-state index in [0.29, 0.717) is 38.5 Å². The highest BCUT2D eigenvalue weighted by molar-refractivity contribution is 5.80. The smallest absolute Gasteiger partial charge is 0.364 e. The van der Waals surface area contributed by atoms with E-state index in [2.05, 4.69) is 16.0 Å². The van der Waals surface area contributed by atoms with Crippen molar-refractivity contribution in [1.29, 1.82) is 0 Å². The molecule has 1 saturated heterocycles. The first-order valence-electron chi connectivity index (χ1n) is 8.40. The summed E-state index contributed by atoms with van der Waals surface area (Å²) in [6.45, 7) is 1.92. The van der Waals surface area contributed by atoms with Crippen LogP contribution in [0.5, 0.6) is 0 Å². The van der Waals surface area contributed by atoms with E-state index in [9.17, 15) is 31.1 Å². The van der Waals surface area contributed by atoms with Crippen LogP contribution in [0.25, 0.3) is 0 Å². The Bertz CT molecular complexity index is 718. The lowest BCUT2D eigenvalue weighted by Crippen LogP contribution is -2.48. The minimum Gasteiger partial charge on any atom is -0.364 e. The summed E-state index contributed by atoms with van der Waals surface area (Å²) in [6, 6.07) is 0.798. The number of nitrogens with one attached hydrogen (secondary N) is 3. The molecule has 0 spiro atoms. The summed E-state index contributed by atoms with van der Waals surface area (Å²) in [4.78, 5) is 13.3. The van der Waals surface area contributed by atoms with Gasteiger partial charge in [0.05, 0.1) is 35.2 Å². The zero-order valence-electron chi connectivity index (χ0n) is 14.1. The highest BCUT2D eigenvalue weighted by atomic mass is 19.4. The van der Waals surface area contributed by atoms with Crippen LogP contribution < -0.4 is 16.0 Å². The van der Waals surface area contributed by atoms with Crippen LogP contribution in [-0.4, -0.2) is 43.2 Å². The molecule has 1 aromatic rings. The topological polar surface area (TPSA) is 56.4 Å². The van der Waals surface area contributed by atoms with Crippen LogP contribution in [0.4, 0.5) is 37.7 Å². The molecule has 150 valence electrons. The minimum atomic E-state index is -4.91. The maximum atomic E-state index is 13.2. The Hall–Kier alpha value is -2.17. The van der Waals surface area contributed by atoms with Crippen LogP contribution in [-0.2, 0) is 17.1 Å². The van der Waals surface area contributed by atoms with Crippen LogP contribution in [0.15, 0.2) is 12.1 Å². The number of benzene rings is 1. The van der Waals surface area contributed by atoms with Gasteiger partial charge in [0.2, 0.25) is 5.91 Å². The van der Waals surface area contributed by atoms with Crippen LogP contribution in [0.1, 0.15) is 24.0 Å². The summed E-state index contributed by atoms with van der Waals surface area (Å²) in [5.41, 5.74) is -3.30. The monoisotopic (exact) mass is 396 g/mol. The molecule has 1 aromatic carbocycles. The molecule has 1 unspecified atom stereocenters. The van der Waals surface area contributed by atoms with Crippen molar-refractivity contribution in [2.45, 2.75) is 31.4 Å². The van der Waals surface area contributed by atoms with Gasteiger partial charge in [-0.1, -0.05) is 0 Å². The molecule has 27 heavy (non-hydrogen) atoms. The Labute approximate surface area is 151 Å². The molecule has 0 bridgehead atoms. The van der Waals surface area contributed by atoms with Crippen LogP contribution >= 0.6 is 0 Å². The lowest BCUT2D eigenvalue weighted by molar-refractivity contribution is -0.142. The van der Waals surface area contributed by atoms with Crippen molar-refractivity contribution < 1.29 is 31.1 Å². The lowest BCUT2D eigenvalue weighted by atomic mass is 10.1. The first kappa shape index (κ1) is 19.6. The van der Waals surface area contributed by atoms with E-state index in [1.54, 1.807) is 4.90 Å². The summed E-state index contributed by atoms with van der Waals surface area (Å²) in [5.74, 6) is -0.0500. The molecule has 2 aliphatic heterocycles. The third-order valence-corrected chi connectivity index (χ3v) is 4.53. The summed E-state index contributed by atoms with van der Waals surface area (Å²) >= 11 is 0. The van der Waals surface area contributed by atoms with Crippen molar-refractivity contribution >= 4 is 17.3 Å². The Morgan fingerprint density at radius 2 is 1.81 bits per heavy atom. The Morgan fingerprint density at radius 1 is 1.07 bits per heavy atom. The van der Waals surface area contributed by atoms with Gasteiger partial charge in [-0.3, -0.25) is 4.79 Å². The zero-order chi connectivity index (χ0) is 19.8. The molecule has 1 fully saturated rings. The molecule has 2 heterocycles. The van der Waals surface area contributed by atoms with Crippen LogP contribution in [0.2, 0.25) is 0 Å². The molecule has 0 saturated carbocycles. The second-order valence-corrected chi connectivity index (χ2v) is 6.48. The molecule has 11 heteroatoms. The normalized spacial score (nSPS) is 20.3. The van der Waals surface area contributed by atoms with Crippen molar-refractivity contribution in [2.75, 3.05) is 36.8 Å². The largest absolute Gasteiger partial charge is 0.418 e. The maximum absolute atomic E-state index is 13.2. The minimum absolute atomic E-state index is 0.0500. The second-order valence-electron chi connectivity index (χ2n) is 6.48. The predicted octanol–water partition coefficient (Wildman–Crippen LogP) is 3.10. The molecule has 1 amide bonds. The summed E-state index contributed by atoms with van der Waals surface area (Å²) in [7, 11) is 0. The number of anilines is 2. The molecule has 2 aliphatic rings. The van der Waals surface area contributed by atoms with Crippen LogP contribution in [0.3, 0.4) is 0 Å². The van der Waals surface area contributed by atoms with E-state index in [4.69, 9.17) is 0 Å². The van der Waals surface area contributed by atoms with Gasteiger partial charge in [0.15, 0.2) is 0 Å². The third-order valence-electron chi connectivity index (χ3n) is 4.53. The summed E-state index contributed by atoms with van der Waals surface area (Å²) < 4.78 is 78.3. The van der Waals surface area contributed by atoms with Gasteiger partial charge in [0.1, 0.15) is 0 Å². The number of hydrogen-bond acceptors (Lipinski definition) is 4. The number of carbonyl (C=O) groups is 1. The van der Waals surface area contributed by atoms with E-state index in [-0.39, 0.29) is 29.9 Å². The van der Waals surface area contributed by atoms with Crippen molar-refractivity contribution in [1.82, 2.24) is 10.2 Å². The van der Waals surface area contributed by atoms with Gasteiger partial charge in [0.25, 0.3) is 0 Å². The molecule has 3 rings (SSSR count). The zero-order valence-corrected chi connectivity index (χ0v) is 14.1. The highest BCUT2D eigenvalue weighted by Crippen LogP contribution is 2.45. The average Bonchev–Trinajstić information content (AvgIpc) is 2.96. The van der Waals surface area contributed by atoms with E-state index in [1.165, 1.54) is 0 Å². The number of alkyl halides is 6. The van der Waals surface area contributed by atoms with Crippen molar-refractivity contribution in [3.63, 3.8) is 0 Å². The Morgan fingerprint density at radius 3 is 2.44 bits per heavy atom. The maximum Gasteiger partial charge on any atom is 0.418 e. The Balaban J connectivity index is 1.69. The van der Waals surface area contributed by atoms with Gasteiger partial charge in [-0.25, -0.2) is 0 Å². The fourth-order valence-electron chi connectivity index (χ4n) is 3.21. The number of carbonyl (C=O) groups excluding carboxylic acids is 1. The second kappa shape index (κ2) is 7.10. The van der Waals surface area contributed by atoms with Crippen molar-refractivity contribution in [3.05, 3.63) is 23.3 Å². The molecule has 1 atom stereocenters. The van der Waals surface area contributed by atoms with Gasteiger partial charge in [-0.2, -0.15) is 26.3 Å². The standard InChI is InChI=1S/C16H18F6N4O/c17-15(18,19)9-6-10(16(20,21)22)14-11(7-9)24-12(25-14)2-1-4-26-5-3-23-8-13(26)27/h6-7,12,23-25H,1-5,8H2. The van der Waals surface area contributed by atoms with Gasteiger partial charge >= 0.3 is 12.4 Å². The molecule has 3 N–H and O–H groups in total. The summed E-state index contributed by atoms with van der Waals surface area (Å²) in [5, 5.41) is 8.24. The van der Waals surface area contributed by atoms with E-state index in [1.807, 2.05) is 0 Å². The highest BCUT2D eigenvalue weighted by Gasteiger charge is 2.41. The number of halogens is 6. The molecule has 0 aliphatic carbocycles. The number of piperazine rings is 1. The number of hydrogen-bond donors (Lipinski definition) is 3. The third kappa shape index (κ3) is 4.40. The summed E-state index contributed by atoms with van der Waals surface area (Å²) in [6.07, 6.45) is -9.58. The SMILES string of the molecule is O=C1CNCCN1CCCC1Nc2cc(C(F)(F)F)cc(C(F)(F)F)c2N1. The molecule has 0 aromatic heterocycles.